The Kier molecular flexibility index (Phi) is 2.85. The molecule has 0 spiro atoms. The largest absolute Gasteiger partial charge is 0.384 e. The van der Waals surface area contributed by atoms with Gasteiger partial charge in [-0.25, -0.2) is 4.98 Å². The van der Waals surface area contributed by atoms with Crippen LogP contribution in [0.1, 0.15) is 18.2 Å². The van der Waals surface area contributed by atoms with Crippen molar-refractivity contribution in [2.75, 3.05) is 5.73 Å². The highest BCUT2D eigenvalue weighted by Gasteiger charge is 1.98. The SMILES string of the molecule is C=C(/C=C\C)c1cc(C)cc(N)n1. The first-order chi connectivity index (χ1) is 6.13. The Balaban J connectivity index is 3.08. The number of nitrogen functional groups attached to an aromatic ring is 1. The molecule has 1 heterocycles. The smallest absolute Gasteiger partial charge is 0.124 e. The molecule has 0 atom stereocenters. The Morgan fingerprint density at radius 2 is 2.23 bits per heavy atom. The second kappa shape index (κ2) is 3.90. The number of anilines is 1. The molecule has 0 aliphatic heterocycles. The van der Waals surface area contributed by atoms with Crippen LogP contribution < -0.4 is 5.73 Å². The van der Waals surface area contributed by atoms with Crippen LogP contribution in [-0.4, -0.2) is 4.98 Å². The molecular formula is C11H14N2. The molecule has 0 saturated carbocycles. The molecule has 13 heavy (non-hydrogen) atoms. The Hall–Kier alpha value is -1.57. The maximum Gasteiger partial charge on any atom is 0.124 e. The molecule has 1 aromatic rings. The van der Waals surface area contributed by atoms with E-state index in [1.807, 2.05) is 38.1 Å². The number of aromatic nitrogens is 1. The average molecular weight is 174 g/mol. The zero-order chi connectivity index (χ0) is 9.84. The van der Waals surface area contributed by atoms with Crippen molar-refractivity contribution in [3.8, 4) is 0 Å². The van der Waals surface area contributed by atoms with Crippen LogP contribution in [-0.2, 0) is 0 Å². The van der Waals surface area contributed by atoms with Gasteiger partial charge >= 0.3 is 0 Å². The third kappa shape index (κ3) is 2.44. The predicted molar refractivity (Wildman–Crippen MR) is 57.2 cm³/mol. The molecule has 2 nitrogen and oxygen atoms in total. The monoisotopic (exact) mass is 174 g/mol. The van der Waals surface area contributed by atoms with E-state index in [0.717, 1.165) is 16.8 Å². The van der Waals surface area contributed by atoms with Crippen LogP contribution in [0.4, 0.5) is 5.82 Å². The van der Waals surface area contributed by atoms with Crippen molar-refractivity contribution in [1.29, 1.82) is 0 Å². The molecule has 0 aliphatic carbocycles. The fourth-order valence-corrected chi connectivity index (χ4v) is 1.15. The quantitative estimate of drug-likeness (QED) is 0.700. The van der Waals surface area contributed by atoms with Crippen LogP contribution in [0.3, 0.4) is 0 Å². The standard InChI is InChI=1S/C11H14N2/c1-4-5-9(3)10-6-8(2)7-11(12)13-10/h4-7H,3H2,1-2H3,(H2,12,13)/b5-4-. The highest BCUT2D eigenvalue weighted by molar-refractivity contribution is 5.70. The molecule has 0 unspecified atom stereocenters. The van der Waals surface area contributed by atoms with Gasteiger partial charge in [-0.2, -0.15) is 0 Å². The lowest BCUT2D eigenvalue weighted by atomic mass is 10.1. The van der Waals surface area contributed by atoms with Crippen LogP contribution in [0.15, 0.2) is 30.9 Å². The lowest BCUT2D eigenvalue weighted by Crippen LogP contribution is -1.95. The fourth-order valence-electron chi connectivity index (χ4n) is 1.15. The fraction of sp³-hybridized carbons (Fsp3) is 0.182. The Morgan fingerprint density at radius 1 is 1.54 bits per heavy atom. The van der Waals surface area contributed by atoms with Gasteiger partial charge in [-0.3, -0.25) is 0 Å². The first-order valence-electron chi connectivity index (χ1n) is 4.19. The summed E-state index contributed by atoms with van der Waals surface area (Å²) in [6.45, 7) is 7.83. The van der Waals surface area contributed by atoms with Gasteiger partial charge in [0.15, 0.2) is 0 Å². The molecule has 0 bridgehead atoms. The topological polar surface area (TPSA) is 38.9 Å². The van der Waals surface area contributed by atoms with Crippen LogP contribution in [0, 0.1) is 6.92 Å². The third-order valence-electron chi connectivity index (χ3n) is 1.69. The molecule has 0 aliphatic rings. The van der Waals surface area contributed by atoms with Gasteiger partial charge in [-0.1, -0.05) is 18.7 Å². The zero-order valence-electron chi connectivity index (χ0n) is 8.04. The van der Waals surface area contributed by atoms with Crippen molar-refractivity contribution in [3.05, 3.63) is 42.1 Å². The Bertz CT molecular complexity index is 331. The van der Waals surface area contributed by atoms with Gasteiger partial charge in [-0.15, -0.1) is 0 Å². The highest BCUT2D eigenvalue weighted by atomic mass is 14.8. The van der Waals surface area contributed by atoms with E-state index in [0.29, 0.717) is 5.82 Å². The van der Waals surface area contributed by atoms with E-state index in [2.05, 4.69) is 11.6 Å². The van der Waals surface area contributed by atoms with Crippen LogP contribution in [0.2, 0.25) is 0 Å². The van der Waals surface area contributed by atoms with Gasteiger partial charge in [-0.05, 0) is 37.1 Å². The molecule has 0 radical (unpaired) electrons. The number of rotatable bonds is 2. The number of nitrogens with zero attached hydrogens (tertiary/aromatic N) is 1. The minimum atomic E-state index is 0.542. The lowest BCUT2D eigenvalue weighted by Gasteiger charge is -2.02. The van der Waals surface area contributed by atoms with E-state index >= 15 is 0 Å². The van der Waals surface area contributed by atoms with E-state index in [1.165, 1.54) is 0 Å². The van der Waals surface area contributed by atoms with E-state index < -0.39 is 0 Å². The van der Waals surface area contributed by atoms with Crippen molar-refractivity contribution in [2.24, 2.45) is 0 Å². The minimum Gasteiger partial charge on any atom is -0.384 e. The van der Waals surface area contributed by atoms with E-state index in [-0.39, 0.29) is 0 Å². The minimum absolute atomic E-state index is 0.542. The summed E-state index contributed by atoms with van der Waals surface area (Å²) in [4.78, 5) is 4.18. The van der Waals surface area contributed by atoms with Gasteiger partial charge in [0, 0.05) is 0 Å². The van der Waals surface area contributed by atoms with Crippen LogP contribution >= 0.6 is 0 Å². The molecule has 1 aromatic heterocycles. The summed E-state index contributed by atoms with van der Waals surface area (Å²) in [7, 11) is 0. The van der Waals surface area contributed by atoms with Crippen molar-refractivity contribution >= 4 is 11.4 Å². The van der Waals surface area contributed by atoms with Gasteiger partial charge in [0.05, 0.1) is 5.69 Å². The number of pyridine rings is 1. The summed E-state index contributed by atoms with van der Waals surface area (Å²) in [5.41, 5.74) is 8.45. The molecule has 0 fully saturated rings. The van der Waals surface area contributed by atoms with Gasteiger partial charge in [0.2, 0.25) is 0 Å². The maximum absolute atomic E-state index is 5.62. The first-order valence-corrected chi connectivity index (χ1v) is 4.19. The summed E-state index contributed by atoms with van der Waals surface area (Å²) in [5, 5.41) is 0. The van der Waals surface area contributed by atoms with Crippen LogP contribution in [0.5, 0.6) is 0 Å². The van der Waals surface area contributed by atoms with Crippen LogP contribution in [0.25, 0.3) is 5.57 Å². The number of aryl methyl sites for hydroxylation is 1. The number of allylic oxidation sites excluding steroid dienone is 3. The Labute approximate surface area is 78.8 Å². The van der Waals surface area contributed by atoms with Crippen molar-refractivity contribution < 1.29 is 0 Å². The van der Waals surface area contributed by atoms with E-state index in [4.69, 9.17) is 5.73 Å². The molecular weight excluding hydrogens is 160 g/mol. The molecule has 0 saturated heterocycles. The summed E-state index contributed by atoms with van der Waals surface area (Å²) in [6, 6.07) is 3.81. The molecule has 0 amide bonds. The van der Waals surface area contributed by atoms with Crippen molar-refractivity contribution in [3.63, 3.8) is 0 Å². The second-order valence-corrected chi connectivity index (χ2v) is 2.98. The molecule has 0 aromatic carbocycles. The molecule has 1 rings (SSSR count). The maximum atomic E-state index is 5.62. The van der Waals surface area contributed by atoms with Gasteiger partial charge in [0.1, 0.15) is 5.82 Å². The molecule has 2 heteroatoms. The van der Waals surface area contributed by atoms with Gasteiger partial charge < -0.3 is 5.73 Å². The zero-order valence-corrected chi connectivity index (χ0v) is 8.04. The number of hydrogen-bond acceptors (Lipinski definition) is 2. The summed E-state index contributed by atoms with van der Waals surface area (Å²) < 4.78 is 0. The van der Waals surface area contributed by atoms with Gasteiger partial charge in [0.25, 0.3) is 0 Å². The molecule has 2 N–H and O–H groups in total. The normalized spacial score (nSPS) is 10.6. The summed E-state index contributed by atoms with van der Waals surface area (Å²) in [5.74, 6) is 0.542. The number of hydrogen-bond donors (Lipinski definition) is 1. The average Bonchev–Trinajstić information content (AvgIpc) is 2.03. The first kappa shape index (κ1) is 9.52. The predicted octanol–water partition coefficient (Wildman–Crippen LogP) is 2.56. The molecule has 68 valence electrons. The van der Waals surface area contributed by atoms with E-state index in [1.54, 1.807) is 0 Å². The number of nitrogens with two attached hydrogens (primary N) is 1. The van der Waals surface area contributed by atoms with E-state index in [9.17, 15) is 0 Å². The summed E-state index contributed by atoms with van der Waals surface area (Å²) in [6.07, 6.45) is 3.85. The summed E-state index contributed by atoms with van der Waals surface area (Å²) >= 11 is 0. The highest BCUT2D eigenvalue weighted by Crippen LogP contribution is 2.14. The Morgan fingerprint density at radius 3 is 2.77 bits per heavy atom. The second-order valence-electron chi connectivity index (χ2n) is 2.98. The van der Waals surface area contributed by atoms with Crippen molar-refractivity contribution in [2.45, 2.75) is 13.8 Å². The van der Waals surface area contributed by atoms with Crippen molar-refractivity contribution in [1.82, 2.24) is 4.98 Å². The third-order valence-corrected chi connectivity index (χ3v) is 1.69. The lowest BCUT2D eigenvalue weighted by molar-refractivity contribution is 1.26.